The van der Waals surface area contributed by atoms with Crippen LogP contribution in [0, 0.1) is 11.8 Å². The van der Waals surface area contributed by atoms with E-state index in [4.69, 9.17) is 32.7 Å². The van der Waals surface area contributed by atoms with Gasteiger partial charge in [-0.25, -0.2) is 0 Å². The first-order valence-corrected chi connectivity index (χ1v) is 18.3. The molecule has 0 aromatic carbocycles. The summed E-state index contributed by atoms with van der Waals surface area (Å²) in [5, 5.41) is 0.583. The molecule has 0 aromatic heterocycles. The molecule has 172 valence electrons. The quantitative estimate of drug-likeness (QED) is 0.135. The molecule has 0 bridgehead atoms. The molecule has 0 radical (unpaired) electrons. The Hall–Kier alpha value is 2.46. The molecule has 0 fully saturated rings. The molecular weight excluding hydrogens is 536 g/mol. The van der Waals surface area contributed by atoms with Crippen molar-refractivity contribution in [2.24, 2.45) is 11.8 Å². The molecule has 4 unspecified atom stereocenters. The Kier molecular flexibility index (Phi) is 24.7. The zero-order chi connectivity index (χ0) is 22.4. The van der Waals surface area contributed by atoms with E-state index in [9.17, 15) is 9.79 Å². The molecular formula is C18H40O4P2S4Zn. The first-order valence-electron chi connectivity index (χ1n) is 10.1. The van der Waals surface area contributed by atoms with E-state index >= 15 is 0 Å². The molecule has 0 saturated heterocycles. The summed E-state index contributed by atoms with van der Waals surface area (Å²) in [5.41, 5.74) is -5.66. The van der Waals surface area contributed by atoms with Crippen LogP contribution >= 0.6 is 34.2 Å². The van der Waals surface area contributed by atoms with Crippen molar-refractivity contribution >= 4 is 57.8 Å². The van der Waals surface area contributed by atoms with Gasteiger partial charge >= 0.3 is 19.5 Å². The first-order chi connectivity index (χ1) is 12.8. The summed E-state index contributed by atoms with van der Waals surface area (Å²) in [6, 6.07) is 0. The minimum Gasteiger partial charge on any atom is -0.793 e. The summed E-state index contributed by atoms with van der Waals surface area (Å²) in [4.78, 5) is 23.5. The maximum Gasteiger partial charge on any atom is 2.00 e. The normalized spacial score (nSPS) is 17.5. The number of hydrogen-bond acceptors (Lipinski definition) is 8. The molecule has 4 atom stereocenters. The van der Waals surface area contributed by atoms with Crippen LogP contribution in [0.4, 0.5) is 0 Å². The Bertz CT molecular complexity index is 443. The summed E-state index contributed by atoms with van der Waals surface area (Å²) < 4.78 is 10.4. The third-order valence-electron chi connectivity index (χ3n) is 3.96. The SMILES string of the molecule is CCCCOP([O-])(=S)SC(C)C(C)C.CCCCOP([O-])(=S)SC(C)C(C)C.[Zn+2]. The Morgan fingerprint density at radius 3 is 1.21 bits per heavy atom. The smallest absolute Gasteiger partial charge is 0.793 e. The Balaban J connectivity index is -0.000000451. The van der Waals surface area contributed by atoms with Crippen LogP contribution in [0.1, 0.15) is 81.1 Å². The summed E-state index contributed by atoms with van der Waals surface area (Å²) in [6.45, 7) is 17.7. The van der Waals surface area contributed by atoms with Gasteiger partial charge in [-0.2, -0.15) is 0 Å². The van der Waals surface area contributed by atoms with Crippen molar-refractivity contribution in [1.82, 2.24) is 0 Å². The third kappa shape index (κ3) is 23.4. The molecule has 29 heavy (non-hydrogen) atoms. The van der Waals surface area contributed by atoms with Gasteiger partial charge in [0, 0.05) is 21.9 Å². The van der Waals surface area contributed by atoms with Crippen molar-refractivity contribution in [2.45, 2.75) is 91.6 Å². The minimum absolute atomic E-state index is 0. The summed E-state index contributed by atoms with van der Waals surface area (Å²) in [7, 11) is 0. The van der Waals surface area contributed by atoms with Crippen LogP contribution < -0.4 is 9.79 Å². The molecule has 0 N–H and O–H groups in total. The van der Waals surface area contributed by atoms with E-state index in [1.807, 2.05) is 13.8 Å². The number of hydrogen-bond donors (Lipinski definition) is 0. The van der Waals surface area contributed by atoms with Crippen molar-refractivity contribution < 1.29 is 38.3 Å². The summed E-state index contributed by atoms with van der Waals surface area (Å²) >= 11 is 12.5. The average Bonchev–Trinajstić information content (AvgIpc) is 2.54. The van der Waals surface area contributed by atoms with Gasteiger partial charge in [0.1, 0.15) is 0 Å². The van der Waals surface area contributed by atoms with Crippen molar-refractivity contribution in [3.05, 3.63) is 0 Å². The second kappa shape index (κ2) is 19.9. The second-order valence-electron chi connectivity index (χ2n) is 7.38. The fraction of sp³-hybridized carbons (Fsp3) is 1.00. The van der Waals surface area contributed by atoms with Crippen LogP contribution in [0.25, 0.3) is 0 Å². The van der Waals surface area contributed by atoms with E-state index in [0.717, 1.165) is 25.7 Å². The van der Waals surface area contributed by atoms with Gasteiger partial charge < -0.3 is 18.8 Å². The van der Waals surface area contributed by atoms with Gasteiger partial charge in [0.25, 0.3) is 0 Å². The fourth-order valence-electron chi connectivity index (χ4n) is 1.35. The summed E-state index contributed by atoms with van der Waals surface area (Å²) in [6.07, 6.45) is 3.94. The van der Waals surface area contributed by atoms with Gasteiger partial charge in [0.2, 0.25) is 0 Å². The Morgan fingerprint density at radius 2 is 1.00 bits per heavy atom. The van der Waals surface area contributed by atoms with E-state index in [1.54, 1.807) is 0 Å². The molecule has 0 aromatic rings. The van der Waals surface area contributed by atoms with Gasteiger partial charge in [-0.1, -0.05) is 91.8 Å². The first kappa shape index (κ1) is 36.0. The van der Waals surface area contributed by atoms with Gasteiger partial charge in [-0.15, -0.1) is 22.8 Å². The average molecular weight is 576 g/mol. The van der Waals surface area contributed by atoms with Gasteiger partial charge in [-0.05, 0) is 24.7 Å². The van der Waals surface area contributed by atoms with Crippen molar-refractivity contribution in [1.29, 1.82) is 0 Å². The molecule has 0 rings (SSSR count). The molecule has 4 nitrogen and oxygen atoms in total. The van der Waals surface area contributed by atoms with E-state index in [0.29, 0.717) is 35.5 Å². The van der Waals surface area contributed by atoms with Gasteiger partial charge in [0.05, 0.1) is 13.2 Å². The van der Waals surface area contributed by atoms with Crippen LogP contribution in [-0.4, -0.2) is 23.7 Å². The molecule has 0 heterocycles. The zero-order valence-electron chi connectivity index (χ0n) is 19.4. The Labute approximate surface area is 211 Å². The van der Waals surface area contributed by atoms with E-state index in [1.165, 1.54) is 22.8 Å². The van der Waals surface area contributed by atoms with Crippen molar-refractivity contribution in [3.63, 3.8) is 0 Å². The number of unbranched alkanes of at least 4 members (excludes halogenated alkanes) is 2. The zero-order valence-corrected chi connectivity index (χ0v) is 27.4. The van der Waals surface area contributed by atoms with E-state index < -0.39 is 11.4 Å². The second-order valence-corrected chi connectivity index (χ2v) is 20.0. The van der Waals surface area contributed by atoms with Crippen LogP contribution in [-0.2, 0) is 52.1 Å². The van der Waals surface area contributed by atoms with Crippen LogP contribution in [0.2, 0.25) is 0 Å². The van der Waals surface area contributed by atoms with Crippen LogP contribution in [0.15, 0.2) is 0 Å². The third-order valence-corrected chi connectivity index (χ3v) is 13.6. The van der Waals surface area contributed by atoms with Crippen LogP contribution in [0.5, 0.6) is 0 Å². The number of rotatable bonds is 14. The topological polar surface area (TPSA) is 64.6 Å². The largest absolute Gasteiger partial charge is 2.00 e. The molecule has 0 saturated carbocycles. The standard InChI is InChI=1S/2C9H21O2PS2.Zn/c2*1-5-6-7-11-12(10,13)14-9(4)8(2)3;/h2*8-9H,5-7H2,1-4H3,(H,10,13);/q;;+2/p-2. The van der Waals surface area contributed by atoms with Gasteiger partial charge in [-0.3, -0.25) is 0 Å². The van der Waals surface area contributed by atoms with Crippen molar-refractivity contribution in [2.75, 3.05) is 13.2 Å². The maximum absolute atomic E-state index is 11.8. The van der Waals surface area contributed by atoms with Gasteiger partial charge in [0.15, 0.2) is 0 Å². The molecule has 0 aliphatic rings. The monoisotopic (exact) mass is 574 g/mol. The minimum atomic E-state index is -2.83. The predicted molar refractivity (Wildman–Crippen MR) is 134 cm³/mol. The van der Waals surface area contributed by atoms with E-state index in [2.05, 4.69) is 41.5 Å². The molecule has 11 heteroatoms. The molecule has 0 amide bonds. The van der Waals surface area contributed by atoms with Crippen LogP contribution in [0.3, 0.4) is 0 Å². The summed E-state index contributed by atoms with van der Waals surface area (Å²) in [5.74, 6) is 0.956. The molecule has 0 spiro atoms. The van der Waals surface area contributed by atoms with E-state index in [-0.39, 0.29) is 19.5 Å². The predicted octanol–water partition coefficient (Wildman–Crippen LogP) is 6.33. The molecule has 0 aliphatic carbocycles. The molecule has 0 aliphatic heterocycles. The maximum atomic E-state index is 11.8. The Morgan fingerprint density at radius 1 is 0.724 bits per heavy atom. The van der Waals surface area contributed by atoms with Crippen molar-refractivity contribution in [3.8, 4) is 0 Å². The fourth-order valence-corrected chi connectivity index (χ4v) is 11.1.